The van der Waals surface area contributed by atoms with Gasteiger partial charge in [-0.15, -0.1) is 0 Å². The molecule has 0 bridgehead atoms. The van der Waals surface area contributed by atoms with Crippen LogP contribution < -0.4 is 5.32 Å². The molecule has 1 rings (SSSR count). The average molecular weight is 246 g/mol. The Morgan fingerprint density at radius 1 is 1.62 bits per heavy atom. The smallest absolute Gasteiger partial charge is 0.303 e. The van der Waals surface area contributed by atoms with Gasteiger partial charge in [0.05, 0.1) is 5.69 Å². The SMILES string of the molecule is CC(CCC(=O)O)Nc1cc(Cl)ccc1F. The predicted molar refractivity (Wildman–Crippen MR) is 61.4 cm³/mol. The number of halogens is 2. The van der Waals surface area contributed by atoms with Crippen molar-refractivity contribution in [3.63, 3.8) is 0 Å². The largest absolute Gasteiger partial charge is 0.481 e. The van der Waals surface area contributed by atoms with E-state index < -0.39 is 11.8 Å². The summed E-state index contributed by atoms with van der Waals surface area (Å²) in [6, 6.07) is 4.09. The molecular formula is C11H13ClFNO2. The maximum Gasteiger partial charge on any atom is 0.303 e. The van der Waals surface area contributed by atoms with Crippen LogP contribution in [-0.4, -0.2) is 17.1 Å². The minimum atomic E-state index is -0.861. The van der Waals surface area contributed by atoms with Crippen LogP contribution >= 0.6 is 11.6 Å². The molecule has 1 atom stereocenters. The van der Waals surface area contributed by atoms with Crippen LogP contribution in [0.15, 0.2) is 18.2 Å². The number of anilines is 1. The normalized spacial score (nSPS) is 12.2. The Morgan fingerprint density at radius 3 is 2.94 bits per heavy atom. The summed E-state index contributed by atoms with van der Waals surface area (Å²) in [5.41, 5.74) is 0.297. The molecule has 0 amide bonds. The molecule has 0 heterocycles. The molecule has 0 saturated heterocycles. The van der Waals surface area contributed by atoms with Crippen LogP contribution in [-0.2, 0) is 4.79 Å². The first kappa shape index (κ1) is 12.8. The Hall–Kier alpha value is -1.29. The lowest BCUT2D eigenvalue weighted by Gasteiger charge is -2.14. The summed E-state index contributed by atoms with van der Waals surface area (Å²) in [6.45, 7) is 1.79. The van der Waals surface area contributed by atoms with E-state index in [9.17, 15) is 9.18 Å². The van der Waals surface area contributed by atoms with Crippen molar-refractivity contribution < 1.29 is 14.3 Å². The van der Waals surface area contributed by atoms with Gasteiger partial charge in [0.15, 0.2) is 0 Å². The fourth-order valence-electron chi connectivity index (χ4n) is 1.29. The topological polar surface area (TPSA) is 49.3 Å². The highest BCUT2D eigenvalue weighted by molar-refractivity contribution is 6.30. The van der Waals surface area contributed by atoms with E-state index in [0.29, 0.717) is 17.1 Å². The molecule has 1 aromatic carbocycles. The summed E-state index contributed by atoms with van der Waals surface area (Å²) in [5, 5.41) is 11.8. The molecule has 1 unspecified atom stereocenters. The molecule has 0 aliphatic rings. The lowest BCUT2D eigenvalue weighted by Crippen LogP contribution is -2.17. The standard InChI is InChI=1S/C11H13ClFNO2/c1-7(2-5-11(15)16)14-10-6-8(12)3-4-9(10)13/h3-4,6-7,14H,2,5H2,1H3,(H,15,16). The predicted octanol–water partition coefficient (Wildman–Crippen LogP) is 3.14. The highest BCUT2D eigenvalue weighted by atomic mass is 35.5. The molecule has 16 heavy (non-hydrogen) atoms. The molecule has 1 aromatic rings. The van der Waals surface area contributed by atoms with Crippen molar-refractivity contribution in [1.29, 1.82) is 0 Å². The molecule has 88 valence electrons. The Morgan fingerprint density at radius 2 is 2.31 bits per heavy atom. The van der Waals surface area contributed by atoms with Gasteiger partial charge in [-0.3, -0.25) is 4.79 Å². The molecule has 2 N–H and O–H groups in total. The molecule has 3 nitrogen and oxygen atoms in total. The third kappa shape index (κ3) is 4.06. The zero-order valence-electron chi connectivity index (χ0n) is 8.84. The number of nitrogens with one attached hydrogen (secondary N) is 1. The Kier molecular flexibility index (Phi) is 4.55. The Bertz CT molecular complexity index is 384. The van der Waals surface area contributed by atoms with E-state index in [1.54, 1.807) is 6.92 Å². The first-order valence-corrected chi connectivity index (χ1v) is 5.30. The third-order valence-corrected chi connectivity index (χ3v) is 2.36. The van der Waals surface area contributed by atoms with E-state index in [0.717, 1.165) is 0 Å². The van der Waals surface area contributed by atoms with Crippen molar-refractivity contribution in [2.24, 2.45) is 0 Å². The summed E-state index contributed by atoms with van der Waals surface area (Å²) in [6.07, 6.45) is 0.484. The number of carboxylic acids is 1. The number of rotatable bonds is 5. The molecular weight excluding hydrogens is 233 g/mol. The van der Waals surface area contributed by atoms with Gasteiger partial charge in [0.1, 0.15) is 5.82 Å². The molecule has 0 saturated carbocycles. The van der Waals surface area contributed by atoms with Crippen LogP contribution in [0.3, 0.4) is 0 Å². The van der Waals surface area contributed by atoms with Gasteiger partial charge in [-0.2, -0.15) is 0 Å². The number of aliphatic carboxylic acids is 1. The van der Waals surface area contributed by atoms with Gasteiger partial charge in [-0.05, 0) is 31.5 Å². The molecule has 5 heteroatoms. The summed E-state index contributed by atoms with van der Waals surface area (Å²) >= 11 is 5.73. The van der Waals surface area contributed by atoms with Crippen molar-refractivity contribution in [2.45, 2.75) is 25.8 Å². The summed E-state index contributed by atoms with van der Waals surface area (Å²) < 4.78 is 13.3. The monoisotopic (exact) mass is 245 g/mol. The van der Waals surface area contributed by atoms with Crippen molar-refractivity contribution >= 4 is 23.3 Å². The quantitative estimate of drug-likeness (QED) is 0.838. The number of carbonyl (C=O) groups is 1. The zero-order valence-corrected chi connectivity index (χ0v) is 9.59. The van der Waals surface area contributed by atoms with Gasteiger partial charge in [-0.1, -0.05) is 11.6 Å². The third-order valence-electron chi connectivity index (χ3n) is 2.12. The first-order valence-electron chi connectivity index (χ1n) is 4.92. The molecule has 0 radical (unpaired) electrons. The average Bonchev–Trinajstić information content (AvgIpc) is 2.20. The van der Waals surface area contributed by atoms with Crippen LogP contribution in [0.2, 0.25) is 5.02 Å². The molecule has 0 aliphatic heterocycles. The maximum absolute atomic E-state index is 13.3. The van der Waals surface area contributed by atoms with Crippen molar-refractivity contribution in [3.8, 4) is 0 Å². The zero-order chi connectivity index (χ0) is 12.1. The molecule has 0 aliphatic carbocycles. The Balaban J connectivity index is 2.58. The van der Waals surface area contributed by atoms with Gasteiger partial charge in [0, 0.05) is 17.5 Å². The summed E-state index contributed by atoms with van der Waals surface area (Å²) in [4.78, 5) is 10.4. The van der Waals surface area contributed by atoms with Gasteiger partial charge < -0.3 is 10.4 Å². The van der Waals surface area contributed by atoms with Gasteiger partial charge in [0.25, 0.3) is 0 Å². The lowest BCUT2D eigenvalue weighted by molar-refractivity contribution is -0.137. The second-order valence-corrected chi connectivity index (χ2v) is 4.04. The van der Waals surface area contributed by atoms with Crippen LogP contribution in [0.5, 0.6) is 0 Å². The minimum absolute atomic E-state index is 0.0519. The van der Waals surface area contributed by atoms with Crippen molar-refractivity contribution in [3.05, 3.63) is 29.0 Å². The van der Waals surface area contributed by atoms with Crippen LogP contribution in [0.25, 0.3) is 0 Å². The molecule has 0 aromatic heterocycles. The van der Waals surface area contributed by atoms with Crippen molar-refractivity contribution in [2.75, 3.05) is 5.32 Å². The van der Waals surface area contributed by atoms with Gasteiger partial charge in [-0.25, -0.2) is 4.39 Å². The number of hydrogen-bond acceptors (Lipinski definition) is 2. The fourth-order valence-corrected chi connectivity index (χ4v) is 1.46. The van der Waals surface area contributed by atoms with E-state index in [1.165, 1.54) is 18.2 Å². The second kappa shape index (κ2) is 5.70. The van der Waals surface area contributed by atoms with Gasteiger partial charge in [0.2, 0.25) is 0 Å². The number of benzene rings is 1. The van der Waals surface area contributed by atoms with Crippen molar-refractivity contribution in [1.82, 2.24) is 0 Å². The lowest BCUT2D eigenvalue weighted by atomic mass is 10.1. The fraction of sp³-hybridized carbons (Fsp3) is 0.364. The van der Waals surface area contributed by atoms with Crippen LogP contribution in [0.1, 0.15) is 19.8 Å². The van der Waals surface area contributed by atoms with E-state index in [1.807, 2.05) is 0 Å². The van der Waals surface area contributed by atoms with E-state index in [-0.39, 0.29) is 12.5 Å². The second-order valence-electron chi connectivity index (χ2n) is 3.60. The summed E-state index contributed by atoms with van der Waals surface area (Å²) in [7, 11) is 0. The van der Waals surface area contributed by atoms with Crippen LogP contribution in [0.4, 0.5) is 10.1 Å². The highest BCUT2D eigenvalue weighted by Crippen LogP contribution is 2.20. The van der Waals surface area contributed by atoms with Gasteiger partial charge >= 0.3 is 5.97 Å². The summed E-state index contributed by atoms with van der Waals surface area (Å²) in [5.74, 6) is -1.26. The highest BCUT2D eigenvalue weighted by Gasteiger charge is 2.08. The molecule has 0 spiro atoms. The van der Waals surface area contributed by atoms with E-state index >= 15 is 0 Å². The number of hydrogen-bond donors (Lipinski definition) is 2. The molecule has 0 fully saturated rings. The minimum Gasteiger partial charge on any atom is -0.481 e. The number of carboxylic acid groups (broad SMARTS) is 1. The first-order chi connectivity index (χ1) is 7.49. The Labute approximate surface area is 98.2 Å². The van der Waals surface area contributed by atoms with Crippen LogP contribution in [0, 0.1) is 5.82 Å². The maximum atomic E-state index is 13.3. The van der Waals surface area contributed by atoms with E-state index in [4.69, 9.17) is 16.7 Å². The van der Waals surface area contributed by atoms with E-state index in [2.05, 4.69) is 5.32 Å².